The fourth-order valence-corrected chi connectivity index (χ4v) is 2.30. The van der Waals surface area contributed by atoms with Crippen molar-refractivity contribution in [1.82, 2.24) is 5.32 Å². The molecule has 1 aromatic carbocycles. The second kappa shape index (κ2) is 5.87. The van der Waals surface area contributed by atoms with Crippen molar-refractivity contribution in [2.45, 2.75) is 32.7 Å². The second-order valence-corrected chi connectivity index (χ2v) is 4.46. The van der Waals surface area contributed by atoms with Crippen LogP contribution in [0.5, 0.6) is 0 Å². The summed E-state index contributed by atoms with van der Waals surface area (Å²) in [6.45, 7) is 4.33. The van der Waals surface area contributed by atoms with Gasteiger partial charge in [-0.2, -0.15) is 0 Å². The highest BCUT2D eigenvalue weighted by Gasteiger charge is 2.13. The molecule has 1 N–H and O–H groups in total. The molecule has 0 spiro atoms. The molecule has 0 aliphatic heterocycles. The van der Waals surface area contributed by atoms with Crippen LogP contribution in [-0.2, 0) is 6.42 Å². The Balaban J connectivity index is 2.34. The lowest BCUT2D eigenvalue weighted by Crippen LogP contribution is -2.14. The van der Waals surface area contributed by atoms with Crippen LogP contribution in [-0.4, -0.2) is 7.05 Å². The molecule has 1 aromatic heterocycles. The Labute approximate surface area is 109 Å². The van der Waals surface area contributed by atoms with Crippen LogP contribution in [0.15, 0.2) is 40.8 Å². The fraction of sp³-hybridized carbons (Fsp3) is 0.375. The van der Waals surface area contributed by atoms with Crippen LogP contribution in [0.3, 0.4) is 0 Å². The zero-order chi connectivity index (χ0) is 13.0. The van der Waals surface area contributed by atoms with Gasteiger partial charge in [0.05, 0.1) is 6.04 Å². The molecule has 2 aromatic rings. The van der Waals surface area contributed by atoms with E-state index < -0.39 is 0 Å². The van der Waals surface area contributed by atoms with Crippen LogP contribution in [0, 0.1) is 0 Å². The van der Waals surface area contributed by atoms with Gasteiger partial charge >= 0.3 is 0 Å². The lowest BCUT2D eigenvalue weighted by atomic mass is 10.0. The van der Waals surface area contributed by atoms with E-state index in [0.717, 1.165) is 24.4 Å². The van der Waals surface area contributed by atoms with E-state index in [0.29, 0.717) is 6.04 Å². The standard InChI is InChI=1S/C16H21NO/c1-4-12-8-6-7-9-13(12)15-10-11-16(18-15)14(5-2)17-3/h6-11,14,17H,4-5H2,1-3H3. The van der Waals surface area contributed by atoms with Gasteiger partial charge in [-0.3, -0.25) is 0 Å². The Morgan fingerprint density at radius 3 is 2.56 bits per heavy atom. The van der Waals surface area contributed by atoms with E-state index in [1.165, 1.54) is 11.1 Å². The molecule has 1 heterocycles. The van der Waals surface area contributed by atoms with Gasteiger partial charge in [-0.15, -0.1) is 0 Å². The van der Waals surface area contributed by atoms with Gasteiger partial charge in [0.25, 0.3) is 0 Å². The predicted octanol–water partition coefficient (Wildman–Crippen LogP) is 4.18. The molecule has 2 heteroatoms. The van der Waals surface area contributed by atoms with E-state index in [9.17, 15) is 0 Å². The minimum absolute atomic E-state index is 0.299. The van der Waals surface area contributed by atoms with Crippen LogP contribution < -0.4 is 5.32 Å². The van der Waals surface area contributed by atoms with E-state index in [1.54, 1.807) is 0 Å². The molecular weight excluding hydrogens is 222 g/mol. The Hall–Kier alpha value is -1.54. The quantitative estimate of drug-likeness (QED) is 0.852. The van der Waals surface area contributed by atoms with Gasteiger partial charge in [0.15, 0.2) is 0 Å². The Bertz CT molecular complexity index is 497. The summed E-state index contributed by atoms with van der Waals surface area (Å²) in [7, 11) is 1.97. The van der Waals surface area contributed by atoms with Gasteiger partial charge in [0.2, 0.25) is 0 Å². The van der Waals surface area contributed by atoms with Crippen LogP contribution in [0.2, 0.25) is 0 Å². The highest BCUT2D eigenvalue weighted by molar-refractivity contribution is 5.62. The number of nitrogens with one attached hydrogen (secondary N) is 1. The molecule has 0 amide bonds. The Kier molecular flexibility index (Phi) is 4.21. The van der Waals surface area contributed by atoms with Crippen LogP contribution in [0.25, 0.3) is 11.3 Å². The first-order chi connectivity index (χ1) is 8.80. The minimum Gasteiger partial charge on any atom is -0.459 e. The molecule has 1 unspecified atom stereocenters. The molecular formula is C16H21NO. The van der Waals surface area contributed by atoms with Crippen LogP contribution in [0.1, 0.15) is 37.6 Å². The van der Waals surface area contributed by atoms with Crippen molar-refractivity contribution in [3.05, 3.63) is 47.7 Å². The predicted molar refractivity (Wildman–Crippen MR) is 75.6 cm³/mol. The molecule has 1 atom stereocenters. The van der Waals surface area contributed by atoms with Crippen molar-refractivity contribution in [3.63, 3.8) is 0 Å². The molecule has 0 saturated heterocycles. The average molecular weight is 243 g/mol. The van der Waals surface area contributed by atoms with Gasteiger partial charge < -0.3 is 9.73 Å². The zero-order valence-electron chi connectivity index (χ0n) is 11.4. The topological polar surface area (TPSA) is 25.2 Å². The van der Waals surface area contributed by atoms with Crippen LogP contribution in [0.4, 0.5) is 0 Å². The first-order valence-corrected chi connectivity index (χ1v) is 6.65. The minimum atomic E-state index is 0.299. The van der Waals surface area contributed by atoms with E-state index in [1.807, 2.05) is 7.05 Å². The molecule has 0 fully saturated rings. The summed E-state index contributed by atoms with van der Waals surface area (Å²) in [4.78, 5) is 0. The molecule has 96 valence electrons. The summed E-state index contributed by atoms with van der Waals surface area (Å²) in [5.74, 6) is 1.98. The van der Waals surface area contributed by atoms with Crippen molar-refractivity contribution in [2.24, 2.45) is 0 Å². The number of rotatable bonds is 5. The van der Waals surface area contributed by atoms with E-state index in [4.69, 9.17) is 4.42 Å². The summed E-state index contributed by atoms with van der Waals surface area (Å²) in [5, 5.41) is 3.27. The van der Waals surface area contributed by atoms with E-state index in [-0.39, 0.29) is 0 Å². The van der Waals surface area contributed by atoms with Crippen molar-refractivity contribution in [3.8, 4) is 11.3 Å². The molecule has 18 heavy (non-hydrogen) atoms. The Morgan fingerprint density at radius 1 is 1.11 bits per heavy atom. The van der Waals surface area contributed by atoms with Crippen molar-refractivity contribution in [2.75, 3.05) is 7.05 Å². The third-order valence-corrected chi connectivity index (χ3v) is 3.39. The van der Waals surface area contributed by atoms with Gasteiger partial charge in [-0.1, -0.05) is 38.1 Å². The van der Waals surface area contributed by atoms with E-state index in [2.05, 4.69) is 55.6 Å². The van der Waals surface area contributed by atoms with Gasteiger partial charge in [-0.25, -0.2) is 0 Å². The Morgan fingerprint density at radius 2 is 1.89 bits per heavy atom. The number of aryl methyl sites for hydroxylation is 1. The van der Waals surface area contributed by atoms with Crippen LogP contribution >= 0.6 is 0 Å². The first kappa shape index (κ1) is 12.9. The third kappa shape index (κ3) is 2.49. The molecule has 0 aliphatic rings. The highest BCUT2D eigenvalue weighted by atomic mass is 16.3. The van der Waals surface area contributed by atoms with E-state index >= 15 is 0 Å². The number of hydrogen-bond donors (Lipinski definition) is 1. The first-order valence-electron chi connectivity index (χ1n) is 6.65. The SMILES string of the molecule is CCc1ccccc1-c1ccc(C(CC)NC)o1. The third-order valence-electron chi connectivity index (χ3n) is 3.39. The largest absolute Gasteiger partial charge is 0.459 e. The maximum absolute atomic E-state index is 5.99. The molecule has 2 rings (SSSR count). The number of hydrogen-bond acceptors (Lipinski definition) is 2. The van der Waals surface area contributed by atoms with Crippen molar-refractivity contribution < 1.29 is 4.42 Å². The summed E-state index contributed by atoms with van der Waals surface area (Å²) >= 11 is 0. The maximum atomic E-state index is 5.99. The molecule has 0 radical (unpaired) electrons. The van der Waals surface area contributed by atoms with Crippen molar-refractivity contribution >= 4 is 0 Å². The maximum Gasteiger partial charge on any atom is 0.134 e. The van der Waals surface area contributed by atoms with Gasteiger partial charge in [-0.05, 0) is 37.6 Å². The molecule has 2 nitrogen and oxygen atoms in total. The fourth-order valence-electron chi connectivity index (χ4n) is 2.30. The second-order valence-electron chi connectivity index (χ2n) is 4.46. The summed E-state index contributed by atoms with van der Waals surface area (Å²) in [6.07, 6.45) is 2.05. The lowest BCUT2D eigenvalue weighted by molar-refractivity contribution is 0.431. The number of benzene rings is 1. The summed E-state index contributed by atoms with van der Waals surface area (Å²) in [5.41, 5.74) is 2.54. The monoisotopic (exact) mass is 243 g/mol. The lowest BCUT2D eigenvalue weighted by Gasteiger charge is -2.10. The van der Waals surface area contributed by atoms with Gasteiger partial charge in [0.1, 0.15) is 11.5 Å². The number of furan rings is 1. The summed E-state index contributed by atoms with van der Waals surface area (Å²) < 4.78 is 5.99. The summed E-state index contributed by atoms with van der Waals surface area (Å²) in [6, 6.07) is 12.9. The average Bonchev–Trinajstić information content (AvgIpc) is 2.89. The molecule has 0 bridgehead atoms. The zero-order valence-corrected chi connectivity index (χ0v) is 11.4. The van der Waals surface area contributed by atoms with Crippen molar-refractivity contribution in [1.29, 1.82) is 0 Å². The van der Waals surface area contributed by atoms with Gasteiger partial charge in [0, 0.05) is 5.56 Å². The normalized spacial score (nSPS) is 12.6. The molecule has 0 saturated carbocycles. The smallest absolute Gasteiger partial charge is 0.134 e. The molecule has 0 aliphatic carbocycles. The highest BCUT2D eigenvalue weighted by Crippen LogP contribution is 2.29.